The van der Waals surface area contributed by atoms with Crippen molar-refractivity contribution in [1.29, 1.82) is 0 Å². The predicted molar refractivity (Wildman–Crippen MR) is 94.6 cm³/mol. The fourth-order valence-corrected chi connectivity index (χ4v) is 2.59. The van der Waals surface area contributed by atoms with E-state index in [0.29, 0.717) is 12.8 Å². The van der Waals surface area contributed by atoms with Gasteiger partial charge in [0.2, 0.25) is 0 Å². The molecule has 2 N–H and O–H groups in total. The average molecular weight is 455 g/mol. The fourth-order valence-electron chi connectivity index (χ4n) is 1.45. The molecule has 0 saturated heterocycles. The molecule has 0 saturated carbocycles. The summed E-state index contributed by atoms with van der Waals surface area (Å²) in [4.78, 5) is 20.2. The van der Waals surface area contributed by atoms with Gasteiger partial charge in [-0.15, -0.1) is 0 Å². The Hall–Kier alpha value is -0.500. The molecule has 0 aliphatic heterocycles. The molecule has 0 aliphatic carbocycles. The first-order chi connectivity index (χ1) is 11.7. The zero-order valence-electron chi connectivity index (χ0n) is 14.8. The van der Waals surface area contributed by atoms with Crippen LogP contribution >= 0.6 is 0 Å². The van der Waals surface area contributed by atoms with E-state index in [0.717, 1.165) is 0 Å². The summed E-state index contributed by atoms with van der Waals surface area (Å²) in [6.45, 7) is 6.43. The molecule has 13 heteroatoms. The topological polar surface area (TPSA) is 189 Å². The maximum Gasteiger partial charge on any atom is 2.00 e. The van der Waals surface area contributed by atoms with Crippen molar-refractivity contribution in [2.75, 3.05) is 11.5 Å². The Kier molecular flexibility index (Phi) is 17.8. The average Bonchev–Trinajstić information content (AvgIpc) is 2.46. The van der Waals surface area contributed by atoms with Gasteiger partial charge in [-0.2, -0.15) is 16.8 Å². The number of carboxylic acid groups (broad SMARTS) is 2. The second kappa shape index (κ2) is 15.4. The van der Waals surface area contributed by atoms with Gasteiger partial charge in [-0.25, -0.2) is 0 Å². The minimum atomic E-state index is -3.94. The van der Waals surface area contributed by atoms with Crippen LogP contribution in [0, 0.1) is 0 Å². The number of rotatable bonds is 12. The smallest absolute Gasteiger partial charge is 0.545 e. The summed E-state index contributed by atoms with van der Waals surface area (Å²) in [5.74, 6) is -3.36. The molecule has 0 radical (unpaired) electrons. The van der Waals surface area contributed by atoms with Crippen LogP contribution in [0.15, 0.2) is 24.3 Å². The molecule has 10 nitrogen and oxygen atoms in total. The first kappa shape index (κ1) is 31.2. The van der Waals surface area contributed by atoms with Crippen LogP contribution in [0.1, 0.15) is 38.5 Å². The van der Waals surface area contributed by atoms with E-state index in [2.05, 4.69) is 13.2 Å². The first-order valence-corrected chi connectivity index (χ1v) is 10.6. The molecule has 0 aromatic carbocycles. The van der Waals surface area contributed by atoms with Gasteiger partial charge >= 0.3 is 37.7 Å². The molecular formula is C14H22CaO10S2. The Labute approximate surface area is 188 Å². The van der Waals surface area contributed by atoms with E-state index < -0.39 is 32.2 Å². The summed E-state index contributed by atoms with van der Waals surface area (Å²) in [6.07, 6.45) is 1.49. The minimum Gasteiger partial charge on any atom is -0.545 e. The molecule has 27 heavy (non-hydrogen) atoms. The fraction of sp³-hybridized carbons (Fsp3) is 0.571. The maximum absolute atomic E-state index is 10.2. The van der Waals surface area contributed by atoms with E-state index in [-0.39, 0.29) is 86.1 Å². The van der Waals surface area contributed by atoms with Gasteiger partial charge in [-0.3, -0.25) is 9.11 Å². The van der Waals surface area contributed by atoms with Crippen LogP contribution in [0.25, 0.3) is 0 Å². The van der Waals surface area contributed by atoms with E-state index in [4.69, 9.17) is 9.11 Å². The van der Waals surface area contributed by atoms with Crippen molar-refractivity contribution in [2.24, 2.45) is 0 Å². The van der Waals surface area contributed by atoms with Gasteiger partial charge in [-0.05, 0) is 49.7 Å². The largest absolute Gasteiger partial charge is 2.00 e. The van der Waals surface area contributed by atoms with Crippen molar-refractivity contribution in [2.45, 2.75) is 38.5 Å². The van der Waals surface area contributed by atoms with E-state index in [1.807, 2.05) is 0 Å². The van der Waals surface area contributed by atoms with Crippen molar-refractivity contribution in [1.82, 2.24) is 0 Å². The molecule has 0 heterocycles. The van der Waals surface area contributed by atoms with E-state index in [1.54, 1.807) is 0 Å². The van der Waals surface area contributed by atoms with Gasteiger partial charge in [-0.1, -0.05) is 13.2 Å². The molecule has 0 spiro atoms. The number of unbranched alkanes of at least 4 members (excludes halogenated alkanes) is 2. The van der Waals surface area contributed by atoms with Gasteiger partial charge in [0, 0.05) is 0 Å². The van der Waals surface area contributed by atoms with Crippen LogP contribution in [0.5, 0.6) is 0 Å². The molecule has 0 fully saturated rings. The monoisotopic (exact) mass is 454 g/mol. The number of hydrogen-bond acceptors (Lipinski definition) is 8. The first-order valence-electron chi connectivity index (χ1n) is 7.34. The standard InChI is InChI=1S/2C7H12O5S.Ca/c2*1-6(7(8)9)4-2-3-5-13(10,11)12;/h2*1-5H2,(H,8,9)(H,10,11,12);/q;;+2/p-2. The van der Waals surface area contributed by atoms with Crippen LogP contribution < -0.4 is 10.2 Å². The van der Waals surface area contributed by atoms with E-state index >= 15 is 0 Å². The molecule has 0 atom stereocenters. The third kappa shape index (κ3) is 25.5. The van der Waals surface area contributed by atoms with Gasteiger partial charge in [0.25, 0.3) is 20.2 Å². The maximum atomic E-state index is 10.2. The van der Waals surface area contributed by atoms with Crippen molar-refractivity contribution in [3.05, 3.63) is 24.3 Å². The normalized spacial score (nSPS) is 10.7. The third-order valence-corrected chi connectivity index (χ3v) is 4.45. The van der Waals surface area contributed by atoms with Gasteiger partial charge in [0.15, 0.2) is 0 Å². The summed E-state index contributed by atoms with van der Waals surface area (Å²) in [5, 5.41) is 20.2. The van der Waals surface area contributed by atoms with Crippen LogP contribution in [0.3, 0.4) is 0 Å². The van der Waals surface area contributed by atoms with Crippen molar-refractivity contribution in [3.8, 4) is 0 Å². The molecule has 0 amide bonds. The minimum absolute atomic E-state index is 0. The van der Waals surface area contributed by atoms with Crippen molar-refractivity contribution >= 4 is 69.9 Å². The Morgan fingerprint density at radius 2 is 0.963 bits per heavy atom. The van der Waals surface area contributed by atoms with Crippen LogP contribution in [-0.4, -0.2) is 87.1 Å². The summed E-state index contributed by atoms with van der Waals surface area (Å²) < 4.78 is 57.5. The van der Waals surface area contributed by atoms with Crippen LogP contribution in [0.2, 0.25) is 0 Å². The summed E-state index contributed by atoms with van der Waals surface area (Å²) in [7, 11) is -7.87. The van der Waals surface area contributed by atoms with Crippen molar-refractivity contribution < 1.29 is 45.7 Å². The molecular weight excluding hydrogens is 432 g/mol. The number of carbonyl (C=O) groups is 2. The Morgan fingerprint density at radius 1 is 0.704 bits per heavy atom. The molecule has 0 aromatic heterocycles. The Morgan fingerprint density at radius 3 is 1.15 bits per heavy atom. The van der Waals surface area contributed by atoms with Crippen LogP contribution in [0.4, 0.5) is 0 Å². The number of carboxylic acids is 2. The Bertz CT molecular complexity index is 648. The van der Waals surface area contributed by atoms with Crippen molar-refractivity contribution in [3.63, 3.8) is 0 Å². The molecule has 0 aliphatic rings. The predicted octanol–water partition coefficient (Wildman–Crippen LogP) is -1.68. The SMILES string of the molecule is C=C(CCCCS(=O)(=O)O)C(=O)[O-].C=C(CCCCS(=O)(=O)O)C(=O)[O-].[Ca+2]. The number of aliphatic carboxylic acids is 2. The second-order valence-electron chi connectivity index (χ2n) is 5.27. The quantitative estimate of drug-likeness (QED) is 0.149. The molecule has 0 rings (SSSR count). The number of carbonyl (C=O) groups excluding carboxylic acids is 2. The van der Waals surface area contributed by atoms with E-state index in [1.165, 1.54) is 0 Å². The van der Waals surface area contributed by atoms with Gasteiger partial charge < -0.3 is 19.8 Å². The Balaban J connectivity index is -0.000000411. The summed E-state index contributed by atoms with van der Waals surface area (Å²) >= 11 is 0. The zero-order chi connectivity index (χ0) is 21.0. The third-order valence-electron chi connectivity index (χ3n) is 2.84. The molecule has 152 valence electrons. The zero-order valence-corrected chi connectivity index (χ0v) is 18.6. The summed E-state index contributed by atoms with van der Waals surface area (Å²) in [5.41, 5.74) is -0.120. The number of hydrogen-bond donors (Lipinski definition) is 2. The van der Waals surface area contributed by atoms with Gasteiger partial charge in [0.05, 0.1) is 23.4 Å². The molecule has 0 bridgehead atoms. The molecule has 0 aromatic rings. The van der Waals surface area contributed by atoms with E-state index in [9.17, 15) is 36.6 Å². The second-order valence-corrected chi connectivity index (χ2v) is 8.41. The van der Waals surface area contributed by atoms with Gasteiger partial charge in [0.1, 0.15) is 0 Å². The van der Waals surface area contributed by atoms with Crippen LogP contribution in [-0.2, 0) is 29.8 Å². The summed E-state index contributed by atoms with van der Waals surface area (Å²) in [6, 6.07) is 0. The molecule has 0 unspecified atom stereocenters.